The monoisotopic (exact) mass is 273 g/mol. The molecule has 2 rings (SSSR count). The molecule has 0 fully saturated rings. The number of rotatable bonds is 4. The zero-order valence-electron chi connectivity index (χ0n) is 12.0. The molecule has 1 aromatic carbocycles. The van der Waals surface area contributed by atoms with Crippen molar-refractivity contribution in [3.63, 3.8) is 0 Å². The van der Waals surface area contributed by atoms with E-state index < -0.39 is 0 Å². The standard InChI is InChI=1S/C15H19N3O2/c1-10(2)11(3)17-14(19)8-18-9-16-13-7-5-4-6-12(13)15(18)20/h4-7,9-11H,8H2,1-3H3,(H,17,19)/t11-/m1/s1. The van der Waals surface area contributed by atoms with Gasteiger partial charge in [-0.2, -0.15) is 0 Å². The van der Waals surface area contributed by atoms with E-state index in [0.717, 1.165) is 0 Å². The SMILES string of the molecule is CC(C)[C@@H](C)NC(=O)Cn1cnc2ccccc2c1=O. The molecule has 0 saturated carbocycles. The third kappa shape index (κ3) is 3.04. The molecule has 1 N–H and O–H groups in total. The molecule has 0 spiro atoms. The van der Waals surface area contributed by atoms with Gasteiger partial charge in [0.15, 0.2) is 0 Å². The molecule has 0 unspecified atom stereocenters. The van der Waals surface area contributed by atoms with Gasteiger partial charge in [-0.15, -0.1) is 0 Å². The summed E-state index contributed by atoms with van der Waals surface area (Å²) in [6, 6.07) is 7.19. The highest BCUT2D eigenvalue weighted by molar-refractivity contribution is 5.78. The van der Waals surface area contributed by atoms with Crippen molar-refractivity contribution in [1.29, 1.82) is 0 Å². The normalized spacial score (nSPS) is 12.6. The largest absolute Gasteiger partial charge is 0.352 e. The van der Waals surface area contributed by atoms with Gasteiger partial charge in [0.1, 0.15) is 6.54 Å². The van der Waals surface area contributed by atoms with Crippen LogP contribution in [0.15, 0.2) is 35.4 Å². The fourth-order valence-corrected chi connectivity index (χ4v) is 1.84. The second-order valence-electron chi connectivity index (χ2n) is 5.29. The summed E-state index contributed by atoms with van der Waals surface area (Å²) in [6.07, 6.45) is 1.42. The van der Waals surface area contributed by atoms with Gasteiger partial charge in [0.05, 0.1) is 17.2 Å². The average molecular weight is 273 g/mol. The van der Waals surface area contributed by atoms with Gasteiger partial charge in [-0.3, -0.25) is 14.2 Å². The van der Waals surface area contributed by atoms with Crippen LogP contribution in [0.2, 0.25) is 0 Å². The van der Waals surface area contributed by atoms with Crippen molar-refractivity contribution in [2.24, 2.45) is 5.92 Å². The van der Waals surface area contributed by atoms with E-state index in [0.29, 0.717) is 16.8 Å². The van der Waals surface area contributed by atoms with Crippen LogP contribution in [-0.4, -0.2) is 21.5 Å². The lowest BCUT2D eigenvalue weighted by Gasteiger charge is -2.17. The lowest BCUT2D eigenvalue weighted by Crippen LogP contribution is -2.39. The maximum Gasteiger partial charge on any atom is 0.261 e. The van der Waals surface area contributed by atoms with Crippen molar-refractivity contribution in [2.45, 2.75) is 33.4 Å². The van der Waals surface area contributed by atoms with Crippen LogP contribution in [0, 0.1) is 5.92 Å². The molecule has 106 valence electrons. The minimum Gasteiger partial charge on any atom is -0.352 e. The maximum atomic E-state index is 12.2. The zero-order valence-corrected chi connectivity index (χ0v) is 12.0. The Morgan fingerprint density at radius 2 is 2.00 bits per heavy atom. The maximum absolute atomic E-state index is 12.2. The predicted octanol–water partition coefficient (Wildman–Crippen LogP) is 1.56. The van der Waals surface area contributed by atoms with Crippen LogP contribution < -0.4 is 10.9 Å². The number of aromatic nitrogens is 2. The van der Waals surface area contributed by atoms with E-state index in [-0.39, 0.29) is 24.1 Å². The van der Waals surface area contributed by atoms with Gasteiger partial charge >= 0.3 is 0 Å². The first-order valence-electron chi connectivity index (χ1n) is 6.72. The highest BCUT2D eigenvalue weighted by atomic mass is 16.2. The molecule has 1 heterocycles. The Morgan fingerprint density at radius 3 is 2.70 bits per heavy atom. The Bertz CT molecular complexity index is 676. The van der Waals surface area contributed by atoms with Crippen LogP contribution in [0.3, 0.4) is 0 Å². The fourth-order valence-electron chi connectivity index (χ4n) is 1.84. The molecule has 0 aliphatic carbocycles. The van der Waals surface area contributed by atoms with Crippen LogP contribution in [-0.2, 0) is 11.3 Å². The van der Waals surface area contributed by atoms with Gasteiger partial charge in [0.2, 0.25) is 5.91 Å². The Kier molecular flexibility index (Phi) is 4.17. The first-order chi connectivity index (χ1) is 9.49. The number of nitrogens with zero attached hydrogens (tertiary/aromatic N) is 2. The average Bonchev–Trinajstić information content (AvgIpc) is 2.42. The van der Waals surface area contributed by atoms with Crippen molar-refractivity contribution in [3.05, 3.63) is 40.9 Å². The number of para-hydroxylation sites is 1. The number of hydrogen-bond donors (Lipinski definition) is 1. The van der Waals surface area contributed by atoms with E-state index in [1.807, 2.05) is 26.8 Å². The minimum absolute atomic E-state index is 0.00622. The topological polar surface area (TPSA) is 64.0 Å². The van der Waals surface area contributed by atoms with Gasteiger partial charge in [-0.25, -0.2) is 4.98 Å². The van der Waals surface area contributed by atoms with Crippen molar-refractivity contribution in [2.75, 3.05) is 0 Å². The van der Waals surface area contributed by atoms with Gasteiger partial charge in [0.25, 0.3) is 5.56 Å². The number of benzene rings is 1. The Balaban J connectivity index is 2.20. The Labute approximate surface area is 117 Å². The quantitative estimate of drug-likeness (QED) is 0.919. The first-order valence-corrected chi connectivity index (χ1v) is 6.72. The third-order valence-corrected chi connectivity index (χ3v) is 3.43. The van der Waals surface area contributed by atoms with E-state index in [4.69, 9.17) is 0 Å². The molecule has 0 bridgehead atoms. The third-order valence-electron chi connectivity index (χ3n) is 3.43. The van der Waals surface area contributed by atoms with Gasteiger partial charge < -0.3 is 5.32 Å². The molecule has 0 radical (unpaired) electrons. The van der Waals surface area contributed by atoms with Crippen LogP contribution in [0.25, 0.3) is 10.9 Å². The molecule has 20 heavy (non-hydrogen) atoms. The summed E-state index contributed by atoms with van der Waals surface area (Å²) in [5.74, 6) is 0.177. The van der Waals surface area contributed by atoms with Crippen molar-refractivity contribution in [1.82, 2.24) is 14.9 Å². The molecule has 5 nitrogen and oxygen atoms in total. The number of hydrogen-bond acceptors (Lipinski definition) is 3. The summed E-state index contributed by atoms with van der Waals surface area (Å²) in [5, 5.41) is 3.40. The summed E-state index contributed by atoms with van der Waals surface area (Å²) in [4.78, 5) is 28.3. The molecule has 5 heteroatoms. The second kappa shape index (κ2) is 5.86. The Morgan fingerprint density at radius 1 is 1.30 bits per heavy atom. The molecule has 1 aromatic heterocycles. The zero-order chi connectivity index (χ0) is 14.7. The summed E-state index contributed by atoms with van der Waals surface area (Å²) in [5.41, 5.74) is 0.452. The molecule has 2 aromatic rings. The molecule has 0 saturated heterocycles. The summed E-state index contributed by atoms with van der Waals surface area (Å²) >= 11 is 0. The van der Waals surface area contributed by atoms with E-state index >= 15 is 0 Å². The van der Waals surface area contributed by atoms with Crippen LogP contribution in [0.5, 0.6) is 0 Å². The molecule has 0 aliphatic heterocycles. The predicted molar refractivity (Wildman–Crippen MR) is 78.4 cm³/mol. The van der Waals surface area contributed by atoms with E-state index in [1.165, 1.54) is 10.9 Å². The summed E-state index contributed by atoms with van der Waals surface area (Å²) in [7, 11) is 0. The highest BCUT2D eigenvalue weighted by Gasteiger charge is 2.12. The number of carbonyl (C=O) groups excluding carboxylic acids is 1. The highest BCUT2D eigenvalue weighted by Crippen LogP contribution is 2.04. The molecular formula is C15H19N3O2. The number of nitrogens with one attached hydrogen (secondary N) is 1. The van der Waals surface area contributed by atoms with Crippen LogP contribution in [0.1, 0.15) is 20.8 Å². The van der Waals surface area contributed by atoms with Gasteiger partial charge in [-0.1, -0.05) is 26.0 Å². The molecule has 1 amide bonds. The van der Waals surface area contributed by atoms with E-state index in [2.05, 4.69) is 10.3 Å². The first kappa shape index (κ1) is 14.2. The van der Waals surface area contributed by atoms with E-state index in [9.17, 15) is 9.59 Å². The minimum atomic E-state index is -0.192. The van der Waals surface area contributed by atoms with Gasteiger partial charge in [-0.05, 0) is 25.0 Å². The number of amides is 1. The number of fused-ring (bicyclic) bond motifs is 1. The molecular weight excluding hydrogens is 254 g/mol. The van der Waals surface area contributed by atoms with E-state index in [1.54, 1.807) is 18.2 Å². The smallest absolute Gasteiger partial charge is 0.261 e. The lowest BCUT2D eigenvalue weighted by atomic mass is 10.1. The summed E-state index contributed by atoms with van der Waals surface area (Å²) < 4.78 is 1.34. The second-order valence-corrected chi connectivity index (χ2v) is 5.29. The van der Waals surface area contributed by atoms with Crippen molar-refractivity contribution >= 4 is 16.8 Å². The molecule has 0 aliphatic rings. The lowest BCUT2D eigenvalue weighted by molar-refractivity contribution is -0.122. The van der Waals surface area contributed by atoms with Crippen LogP contribution >= 0.6 is 0 Å². The number of carbonyl (C=O) groups is 1. The fraction of sp³-hybridized carbons (Fsp3) is 0.400. The van der Waals surface area contributed by atoms with Gasteiger partial charge in [0, 0.05) is 6.04 Å². The van der Waals surface area contributed by atoms with Crippen LogP contribution in [0.4, 0.5) is 0 Å². The van der Waals surface area contributed by atoms with Crippen molar-refractivity contribution in [3.8, 4) is 0 Å². The van der Waals surface area contributed by atoms with Crippen molar-refractivity contribution < 1.29 is 4.79 Å². The Hall–Kier alpha value is -2.17. The summed E-state index contributed by atoms with van der Waals surface area (Å²) in [6.45, 7) is 6.01. The molecule has 1 atom stereocenters.